The number of nitrogens with zero attached hydrogens (tertiary/aromatic N) is 2. The van der Waals surface area contributed by atoms with Crippen LogP contribution < -0.4 is 0 Å². The molecule has 0 N–H and O–H groups in total. The van der Waals surface area contributed by atoms with Gasteiger partial charge in [0.2, 0.25) is 5.91 Å². The van der Waals surface area contributed by atoms with Gasteiger partial charge in [0.05, 0.1) is 12.0 Å². The standard InChI is InChI=1S/C22H28N2O2S/c1-26-15-14-24-12-5-10-22(21(24)25)11-13-23(17-22)16-19-8-9-20(27-19)18-6-3-2-4-7-18/h2-4,6-9H,5,10-17H2,1H3. The first kappa shape index (κ1) is 18.7. The van der Waals surface area contributed by atoms with Gasteiger partial charge < -0.3 is 9.64 Å². The van der Waals surface area contributed by atoms with Crippen molar-refractivity contribution in [1.29, 1.82) is 0 Å². The third-order valence-electron chi connectivity index (χ3n) is 5.92. The predicted molar refractivity (Wildman–Crippen MR) is 110 cm³/mol. The SMILES string of the molecule is COCCN1CCCC2(CCN(Cc3ccc(-c4ccccc4)s3)C2)C1=O. The number of amides is 1. The van der Waals surface area contributed by atoms with E-state index in [1.807, 2.05) is 16.2 Å². The summed E-state index contributed by atoms with van der Waals surface area (Å²) in [5, 5.41) is 0. The number of thiophene rings is 1. The van der Waals surface area contributed by atoms with Gasteiger partial charge in [-0.3, -0.25) is 9.69 Å². The number of piperidine rings is 1. The van der Waals surface area contributed by atoms with E-state index >= 15 is 0 Å². The Kier molecular flexibility index (Phi) is 5.62. The average molecular weight is 385 g/mol. The molecule has 0 radical (unpaired) electrons. The lowest BCUT2D eigenvalue weighted by Crippen LogP contribution is -2.50. The summed E-state index contributed by atoms with van der Waals surface area (Å²) in [4.78, 5) is 20.3. The third-order valence-corrected chi connectivity index (χ3v) is 7.04. The highest BCUT2D eigenvalue weighted by molar-refractivity contribution is 7.15. The van der Waals surface area contributed by atoms with Crippen molar-refractivity contribution >= 4 is 17.2 Å². The van der Waals surface area contributed by atoms with Crippen LogP contribution in [0.15, 0.2) is 42.5 Å². The van der Waals surface area contributed by atoms with E-state index in [0.29, 0.717) is 12.5 Å². The number of likely N-dealkylation sites (tertiary alicyclic amines) is 2. The van der Waals surface area contributed by atoms with E-state index in [1.54, 1.807) is 7.11 Å². The summed E-state index contributed by atoms with van der Waals surface area (Å²) in [6.45, 7) is 5.10. The van der Waals surface area contributed by atoms with Crippen LogP contribution in [0.2, 0.25) is 0 Å². The molecule has 2 aliphatic rings. The molecule has 1 amide bonds. The molecular weight excluding hydrogens is 356 g/mol. The van der Waals surface area contributed by atoms with Crippen LogP contribution in [0.25, 0.3) is 10.4 Å². The number of hydrogen-bond acceptors (Lipinski definition) is 4. The first-order valence-corrected chi connectivity index (χ1v) is 10.7. The van der Waals surface area contributed by atoms with Crippen molar-refractivity contribution in [2.75, 3.05) is 39.9 Å². The van der Waals surface area contributed by atoms with Crippen molar-refractivity contribution < 1.29 is 9.53 Å². The Hall–Kier alpha value is -1.69. The van der Waals surface area contributed by atoms with Crippen molar-refractivity contribution in [2.45, 2.75) is 25.8 Å². The predicted octanol–water partition coefficient (Wildman–Crippen LogP) is 3.88. The van der Waals surface area contributed by atoms with Gasteiger partial charge in [0.1, 0.15) is 0 Å². The lowest BCUT2D eigenvalue weighted by atomic mass is 9.78. The molecule has 5 heteroatoms. The Bertz CT molecular complexity index is 776. The van der Waals surface area contributed by atoms with Gasteiger partial charge >= 0.3 is 0 Å². The molecule has 2 aliphatic heterocycles. The summed E-state index contributed by atoms with van der Waals surface area (Å²) in [6, 6.07) is 15.0. The molecule has 0 aliphatic carbocycles. The molecule has 4 nitrogen and oxygen atoms in total. The quantitative estimate of drug-likeness (QED) is 0.758. The van der Waals surface area contributed by atoms with Crippen molar-refractivity contribution in [2.24, 2.45) is 5.41 Å². The number of hydrogen-bond donors (Lipinski definition) is 0. The maximum Gasteiger partial charge on any atom is 0.230 e. The molecule has 1 aromatic carbocycles. The molecule has 2 saturated heterocycles. The van der Waals surface area contributed by atoms with Crippen LogP contribution in [0.3, 0.4) is 0 Å². The Morgan fingerprint density at radius 1 is 1.11 bits per heavy atom. The van der Waals surface area contributed by atoms with Gasteiger partial charge in [0.15, 0.2) is 0 Å². The number of carbonyl (C=O) groups is 1. The number of carbonyl (C=O) groups excluding carboxylic acids is 1. The number of ether oxygens (including phenoxy) is 1. The molecule has 2 fully saturated rings. The second-order valence-corrected chi connectivity index (χ2v) is 8.93. The van der Waals surface area contributed by atoms with E-state index < -0.39 is 0 Å². The van der Waals surface area contributed by atoms with Crippen LogP contribution in [0, 0.1) is 5.41 Å². The van der Waals surface area contributed by atoms with Crippen LogP contribution >= 0.6 is 11.3 Å². The summed E-state index contributed by atoms with van der Waals surface area (Å²) >= 11 is 1.87. The highest BCUT2D eigenvalue weighted by atomic mass is 32.1. The molecule has 3 heterocycles. The molecule has 144 valence electrons. The number of rotatable bonds is 6. The minimum Gasteiger partial charge on any atom is -0.383 e. The fourth-order valence-corrected chi connectivity index (χ4v) is 5.54. The fraction of sp³-hybridized carbons (Fsp3) is 0.500. The molecule has 2 aromatic rings. The zero-order valence-corrected chi connectivity index (χ0v) is 16.8. The summed E-state index contributed by atoms with van der Waals surface area (Å²) in [5.41, 5.74) is 1.12. The normalized spacial score (nSPS) is 23.4. The van der Waals surface area contributed by atoms with Gasteiger partial charge in [0.25, 0.3) is 0 Å². The average Bonchev–Trinajstić information content (AvgIpc) is 3.32. The molecule has 27 heavy (non-hydrogen) atoms. The number of benzene rings is 1. The zero-order valence-electron chi connectivity index (χ0n) is 16.0. The van der Waals surface area contributed by atoms with Crippen LogP contribution in [-0.2, 0) is 16.1 Å². The summed E-state index contributed by atoms with van der Waals surface area (Å²) < 4.78 is 5.18. The Morgan fingerprint density at radius 2 is 1.96 bits per heavy atom. The summed E-state index contributed by atoms with van der Waals surface area (Å²) in [6.07, 6.45) is 3.14. The molecule has 1 spiro atoms. The first-order chi connectivity index (χ1) is 13.2. The van der Waals surface area contributed by atoms with Crippen LogP contribution in [0.5, 0.6) is 0 Å². The zero-order chi connectivity index (χ0) is 18.7. The minimum atomic E-state index is -0.161. The minimum absolute atomic E-state index is 0.161. The molecule has 1 unspecified atom stereocenters. The molecule has 1 aromatic heterocycles. The Morgan fingerprint density at radius 3 is 2.78 bits per heavy atom. The van der Waals surface area contributed by atoms with Gasteiger partial charge in [-0.25, -0.2) is 0 Å². The second kappa shape index (κ2) is 8.13. The highest BCUT2D eigenvalue weighted by Gasteiger charge is 2.48. The van der Waals surface area contributed by atoms with E-state index in [4.69, 9.17) is 4.74 Å². The van der Waals surface area contributed by atoms with E-state index in [0.717, 1.165) is 52.0 Å². The molecule has 0 saturated carbocycles. The molecule has 4 rings (SSSR count). The maximum absolute atomic E-state index is 13.1. The molecular formula is C22H28N2O2S. The number of methoxy groups -OCH3 is 1. The molecule has 1 atom stereocenters. The second-order valence-electron chi connectivity index (χ2n) is 7.76. The summed E-state index contributed by atoms with van der Waals surface area (Å²) in [5.74, 6) is 0.351. The van der Waals surface area contributed by atoms with Gasteiger partial charge in [-0.2, -0.15) is 0 Å². The van der Waals surface area contributed by atoms with Crippen LogP contribution in [0.1, 0.15) is 24.1 Å². The fourth-order valence-electron chi connectivity index (χ4n) is 4.48. The van der Waals surface area contributed by atoms with E-state index in [9.17, 15) is 4.79 Å². The first-order valence-electron chi connectivity index (χ1n) is 9.85. The van der Waals surface area contributed by atoms with Crippen molar-refractivity contribution in [3.63, 3.8) is 0 Å². The van der Waals surface area contributed by atoms with Gasteiger partial charge in [0, 0.05) is 43.0 Å². The summed E-state index contributed by atoms with van der Waals surface area (Å²) in [7, 11) is 1.70. The van der Waals surface area contributed by atoms with Crippen molar-refractivity contribution in [3.05, 3.63) is 47.3 Å². The Labute approximate surface area is 165 Å². The third kappa shape index (κ3) is 3.96. The van der Waals surface area contributed by atoms with E-state index in [2.05, 4.69) is 47.4 Å². The monoisotopic (exact) mass is 384 g/mol. The van der Waals surface area contributed by atoms with Gasteiger partial charge in [-0.15, -0.1) is 11.3 Å². The van der Waals surface area contributed by atoms with Gasteiger partial charge in [-0.1, -0.05) is 30.3 Å². The topological polar surface area (TPSA) is 32.8 Å². The highest BCUT2D eigenvalue weighted by Crippen LogP contribution is 2.41. The van der Waals surface area contributed by atoms with Crippen LogP contribution in [-0.4, -0.2) is 55.6 Å². The van der Waals surface area contributed by atoms with E-state index in [-0.39, 0.29) is 5.41 Å². The maximum atomic E-state index is 13.1. The molecule has 0 bridgehead atoms. The van der Waals surface area contributed by atoms with Crippen molar-refractivity contribution in [3.8, 4) is 10.4 Å². The largest absolute Gasteiger partial charge is 0.383 e. The van der Waals surface area contributed by atoms with Gasteiger partial charge in [-0.05, 0) is 43.5 Å². The van der Waals surface area contributed by atoms with Crippen LogP contribution in [0.4, 0.5) is 0 Å². The van der Waals surface area contributed by atoms with Crippen molar-refractivity contribution in [1.82, 2.24) is 9.80 Å². The lowest BCUT2D eigenvalue weighted by Gasteiger charge is -2.39. The lowest BCUT2D eigenvalue weighted by molar-refractivity contribution is -0.146. The van der Waals surface area contributed by atoms with E-state index in [1.165, 1.54) is 15.3 Å². The smallest absolute Gasteiger partial charge is 0.230 e. The Balaban J connectivity index is 1.40.